The summed E-state index contributed by atoms with van der Waals surface area (Å²) < 4.78 is 20.9. The third kappa shape index (κ3) is 1.05. The molecular weight excluding hydrogens is 139 g/mol. The Morgan fingerprint density at radius 2 is 1.78 bits per heavy atom. The second-order valence-electron chi connectivity index (χ2n) is 3.04. The van der Waals surface area contributed by atoms with Crippen LogP contribution in [0.25, 0.3) is 0 Å². The van der Waals surface area contributed by atoms with Crippen LogP contribution >= 0.6 is 7.60 Å². The lowest BCUT2D eigenvalue weighted by atomic mass is 10.3. The normalized spacial score (nSPS) is 25.2. The molecule has 0 atom stereocenters. The van der Waals surface area contributed by atoms with Crippen LogP contribution in [0.3, 0.4) is 0 Å². The third-order valence-electron chi connectivity index (χ3n) is 1.27. The minimum absolute atomic E-state index is 0.189. The molecule has 0 amide bonds. The van der Waals surface area contributed by atoms with Gasteiger partial charge in [0.25, 0.3) is 0 Å². The molecule has 1 saturated heterocycles. The molecule has 0 unspecified atom stereocenters. The predicted molar refractivity (Wildman–Crippen MR) is 34.4 cm³/mol. The molecule has 1 fully saturated rings. The Morgan fingerprint density at radius 1 is 1.33 bits per heavy atom. The molecule has 1 heterocycles. The molecule has 3 nitrogen and oxygen atoms in total. The van der Waals surface area contributed by atoms with E-state index >= 15 is 0 Å². The second kappa shape index (κ2) is 1.82. The SMILES string of the molecule is CC(C)(C)P1(=O)OCO1. The highest BCUT2D eigenvalue weighted by Crippen LogP contribution is 2.65. The molecule has 1 rings (SSSR count). The molecule has 0 spiro atoms. The zero-order valence-electron chi connectivity index (χ0n) is 5.88. The highest BCUT2D eigenvalue weighted by Gasteiger charge is 2.45. The average Bonchev–Trinajstić information content (AvgIpc) is 1.57. The van der Waals surface area contributed by atoms with Crippen LogP contribution in [0.15, 0.2) is 0 Å². The van der Waals surface area contributed by atoms with Crippen molar-refractivity contribution in [3.63, 3.8) is 0 Å². The molecule has 0 saturated carbocycles. The van der Waals surface area contributed by atoms with Gasteiger partial charge < -0.3 is 0 Å². The zero-order valence-corrected chi connectivity index (χ0v) is 6.77. The highest BCUT2D eigenvalue weighted by molar-refractivity contribution is 7.56. The summed E-state index contributed by atoms with van der Waals surface area (Å²) in [5.41, 5.74) is 0. The van der Waals surface area contributed by atoms with E-state index < -0.39 is 7.60 Å². The molecule has 0 aromatic heterocycles. The van der Waals surface area contributed by atoms with Crippen LogP contribution in [0.1, 0.15) is 20.8 Å². The molecular formula is C5H11O3P. The van der Waals surface area contributed by atoms with Crippen molar-refractivity contribution in [3.05, 3.63) is 0 Å². The second-order valence-corrected chi connectivity index (χ2v) is 5.90. The van der Waals surface area contributed by atoms with Gasteiger partial charge in [0.15, 0.2) is 6.79 Å². The Bertz CT molecular complexity index is 150. The summed E-state index contributed by atoms with van der Waals surface area (Å²) in [4.78, 5) is 0. The van der Waals surface area contributed by atoms with E-state index in [9.17, 15) is 4.57 Å². The lowest BCUT2D eigenvalue weighted by Crippen LogP contribution is -2.26. The van der Waals surface area contributed by atoms with Gasteiger partial charge in [-0.3, -0.25) is 13.6 Å². The van der Waals surface area contributed by atoms with Crippen LogP contribution in [0.4, 0.5) is 0 Å². The van der Waals surface area contributed by atoms with Crippen molar-refractivity contribution in [3.8, 4) is 0 Å². The first kappa shape index (κ1) is 7.26. The molecule has 4 heteroatoms. The topological polar surface area (TPSA) is 35.5 Å². The van der Waals surface area contributed by atoms with E-state index in [1.165, 1.54) is 0 Å². The van der Waals surface area contributed by atoms with Crippen LogP contribution < -0.4 is 0 Å². The molecule has 0 aromatic rings. The Hall–Kier alpha value is 0.150. The largest absolute Gasteiger partial charge is 0.340 e. The molecule has 54 valence electrons. The average molecular weight is 150 g/mol. The minimum Gasteiger partial charge on any atom is -0.280 e. The van der Waals surface area contributed by atoms with E-state index in [4.69, 9.17) is 9.05 Å². The quantitative estimate of drug-likeness (QED) is 0.495. The molecule has 9 heavy (non-hydrogen) atoms. The molecule has 0 N–H and O–H groups in total. The summed E-state index contributed by atoms with van der Waals surface area (Å²) in [5, 5.41) is -0.356. The summed E-state index contributed by atoms with van der Waals surface area (Å²) in [6, 6.07) is 0. The van der Waals surface area contributed by atoms with Crippen molar-refractivity contribution in [2.24, 2.45) is 0 Å². The lowest BCUT2D eigenvalue weighted by molar-refractivity contribution is -0.000531. The summed E-state index contributed by atoms with van der Waals surface area (Å²) in [6.07, 6.45) is 0. The fraction of sp³-hybridized carbons (Fsp3) is 1.00. The van der Waals surface area contributed by atoms with Gasteiger partial charge in [-0.25, -0.2) is 0 Å². The molecule has 0 aliphatic carbocycles. The zero-order chi connectivity index (χ0) is 7.12. The van der Waals surface area contributed by atoms with Crippen LogP contribution in [-0.2, 0) is 13.6 Å². The van der Waals surface area contributed by atoms with Gasteiger partial charge in [-0.05, 0) is 20.8 Å². The van der Waals surface area contributed by atoms with E-state index in [1.54, 1.807) is 0 Å². The van der Waals surface area contributed by atoms with Crippen LogP contribution in [0.5, 0.6) is 0 Å². The first-order valence-electron chi connectivity index (χ1n) is 2.85. The highest BCUT2D eigenvalue weighted by atomic mass is 31.2. The molecule has 0 aromatic carbocycles. The summed E-state index contributed by atoms with van der Waals surface area (Å²) >= 11 is 0. The number of hydrogen-bond donors (Lipinski definition) is 0. The first-order valence-corrected chi connectivity index (χ1v) is 4.39. The fourth-order valence-electron chi connectivity index (χ4n) is 0.536. The first-order chi connectivity index (χ1) is 3.96. The Kier molecular flexibility index (Phi) is 1.46. The maximum absolute atomic E-state index is 11.2. The van der Waals surface area contributed by atoms with E-state index in [-0.39, 0.29) is 11.9 Å². The van der Waals surface area contributed by atoms with E-state index in [2.05, 4.69) is 0 Å². The van der Waals surface area contributed by atoms with E-state index in [0.29, 0.717) is 0 Å². The molecule has 1 aliphatic rings. The summed E-state index contributed by atoms with van der Waals surface area (Å²) in [5.74, 6) is 0. The molecule has 0 bridgehead atoms. The van der Waals surface area contributed by atoms with E-state index in [0.717, 1.165) is 0 Å². The Morgan fingerprint density at radius 3 is 1.78 bits per heavy atom. The van der Waals surface area contributed by atoms with E-state index in [1.807, 2.05) is 20.8 Å². The summed E-state index contributed by atoms with van der Waals surface area (Å²) in [7, 11) is -2.68. The van der Waals surface area contributed by atoms with Crippen molar-refractivity contribution < 1.29 is 13.6 Å². The summed E-state index contributed by atoms with van der Waals surface area (Å²) in [6.45, 7) is 5.71. The van der Waals surface area contributed by atoms with Gasteiger partial charge in [-0.2, -0.15) is 0 Å². The minimum atomic E-state index is -2.68. The monoisotopic (exact) mass is 150 g/mol. The standard InChI is InChI=1S/C5H11O3P/c1-5(2,3)9(6)7-4-8-9/h4H2,1-3H3. The number of rotatable bonds is 0. The van der Waals surface area contributed by atoms with Gasteiger partial charge in [0.05, 0.1) is 5.16 Å². The van der Waals surface area contributed by atoms with Crippen molar-refractivity contribution in [2.45, 2.75) is 25.9 Å². The van der Waals surface area contributed by atoms with Gasteiger partial charge >= 0.3 is 7.60 Å². The maximum atomic E-state index is 11.2. The van der Waals surface area contributed by atoms with Crippen molar-refractivity contribution in [1.82, 2.24) is 0 Å². The smallest absolute Gasteiger partial charge is 0.280 e. The van der Waals surface area contributed by atoms with Gasteiger partial charge in [0.1, 0.15) is 0 Å². The maximum Gasteiger partial charge on any atom is 0.340 e. The number of hydrogen-bond acceptors (Lipinski definition) is 3. The molecule has 0 radical (unpaired) electrons. The van der Waals surface area contributed by atoms with Crippen LogP contribution in [0, 0.1) is 0 Å². The van der Waals surface area contributed by atoms with Gasteiger partial charge in [-0.1, -0.05) is 0 Å². The molecule has 1 aliphatic heterocycles. The van der Waals surface area contributed by atoms with Gasteiger partial charge in [0, 0.05) is 0 Å². The van der Waals surface area contributed by atoms with Crippen LogP contribution in [-0.4, -0.2) is 11.9 Å². The van der Waals surface area contributed by atoms with Crippen molar-refractivity contribution >= 4 is 7.60 Å². The lowest BCUT2D eigenvalue weighted by Gasteiger charge is -2.35. The van der Waals surface area contributed by atoms with Gasteiger partial charge in [-0.15, -0.1) is 0 Å². The van der Waals surface area contributed by atoms with Crippen molar-refractivity contribution in [2.75, 3.05) is 6.79 Å². The Balaban J connectivity index is 2.71. The third-order valence-corrected chi connectivity index (χ3v) is 3.80. The van der Waals surface area contributed by atoms with Crippen LogP contribution in [0.2, 0.25) is 0 Å². The van der Waals surface area contributed by atoms with Gasteiger partial charge in [0.2, 0.25) is 0 Å². The fourth-order valence-corrected chi connectivity index (χ4v) is 1.61. The van der Waals surface area contributed by atoms with Crippen molar-refractivity contribution in [1.29, 1.82) is 0 Å². The Labute approximate surface area is 54.9 Å². The predicted octanol–water partition coefficient (Wildman–Crippen LogP) is 1.98.